The number of carbonyl (C=O) groups excluding carboxylic acids is 2. The Morgan fingerprint density at radius 3 is 2.84 bits per heavy atom. The number of carbonyl (C=O) groups is 2. The normalized spacial score (nSPS) is 28.4. The number of fused-ring (bicyclic) bond motifs is 3. The highest BCUT2D eigenvalue weighted by atomic mass is 16.2. The van der Waals surface area contributed by atoms with E-state index in [9.17, 15) is 9.59 Å². The molecule has 0 aromatic heterocycles. The predicted octanol–water partition coefficient (Wildman–Crippen LogP) is 2.60. The summed E-state index contributed by atoms with van der Waals surface area (Å²) in [5.41, 5.74) is 2.59. The molecule has 3 heteroatoms. The third-order valence-electron chi connectivity index (χ3n) is 4.42. The second-order valence-corrected chi connectivity index (χ2v) is 5.54. The van der Waals surface area contributed by atoms with Crippen molar-refractivity contribution in [1.82, 2.24) is 0 Å². The van der Waals surface area contributed by atoms with Crippen molar-refractivity contribution in [3.05, 3.63) is 41.5 Å². The maximum atomic E-state index is 12.0. The summed E-state index contributed by atoms with van der Waals surface area (Å²) in [6.45, 7) is 3.64. The SMILES string of the molecule is CC(=O)N1c2ccccc2C2(C=O)CC=C(C)CC12. The molecule has 1 aromatic rings. The van der Waals surface area contributed by atoms with Gasteiger partial charge in [-0.3, -0.25) is 4.79 Å². The van der Waals surface area contributed by atoms with Crippen molar-refractivity contribution in [2.24, 2.45) is 0 Å². The fourth-order valence-electron chi connectivity index (χ4n) is 3.49. The molecule has 0 bridgehead atoms. The van der Waals surface area contributed by atoms with Crippen molar-refractivity contribution in [3.63, 3.8) is 0 Å². The number of anilines is 1. The summed E-state index contributed by atoms with van der Waals surface area (Å²) in [6.07, 6.45) is 4.63. The van der Waals surface area contributed by atoms with Crippen LogP contribution >= 0.6 is 0 Å². The number of hydrogen-bond donors (Lipinski definition) is 0. The van der Waals surface area contributed by atoms with Crippen LogP contribution in [0.2, 0.25) is 0 Å². The quantitative estimate of drug-likeness (QED) is 0.571. The summed E-state index contributed by atoms with van der Waals surface area (Å²) in [4.78, 5) is 25.7. The fourth-order valence-corrected chi connectivity index (χ4v) is 3.49. The molecular formula is C16H17NO2. The summed E-state index contributed by atoms with van der Waals surface area (Å²) in [5.74, 6) is 0.0101. The maximum Gasteiger partial charge on any atom is 0.224 e. The van der Waals surface area contributed by atoms with Gasteiger partial charge in [-0.2, -0.15) is 0 Å². The number of aldehydes is 1. The zero-order valence-corrected chi connectivity index (χ0v) is 11.2. The topological polar surface area (TPSA) is 37.4 Å². The van der Waals surface area contributed by atoms with E-state index in [1.165, 1.54) is 5.57 Å². The molecule has 1 aliphatic heterocycles. The highest BCUT2D eigenvalue weighted by Crippen LogP contribution is 2.50. The minimum absolute atomic E-state index is 0.0101. The monoisotopic (exact) mass is 255 g/mol. The fraction of sp³-hybridized carbons (Fsp3) is 0.375. The first-order valence-electron chi connectivity index (χ1n) is 6.61. The van der Waals surface area contributed by atoms with Crippen molar-refractivity contribution in [2.45, 2.75) is 38.1 Å². The Balaban J connectivity index is 2.24. The molecule has 0 N–H and O–H groups in total. The van der Waals surface area contributed by atoms with E-state index in [2.05, 4.69) is 13.0 Å². The van der Waals surface area contributed by atoms with Gasteiger partial charge in [0.1, 0.15) is 6.29 Å². The molecule has 98 valence electrons. The first-order valence-corrected chi connectivity index (χ1v) is 6.61. The average molecular weight is 255 g/mol. The maximum absolute atomic E-state index is 12.0. The van der Waals surface area contributed by atoms with E-state index in [-0.39, 0.29) is 11.9 Å². The molecule has 19 heavy (non-hydrogen) atoms. The third kappa shape index (κ3) is 1.51. The standard InChI is InChI=1S/C16H17NO2/c1-11-7-8-16(10-18)13-5-3-4-6-14(13)17(12(2)19)15(16)9-11/h3-7,10,15H,8-9H2,1-2H3. The summed E-state index contributed by atoms with van der Waals surface area (Å²) < 4.78 is 0. The molecule has 2 aliphatic rings. The van der Waals surface area contributed by atoms with Crippen molar-refractivity contribution in [3.8, 4) is 0 Å². The van der Waals surface area contributed by atoms with E-state index >= 15 is 0 Å². The van der Waals surface area contributed by atoms with Gasteiger partial charge in [-0.15, -0.1) is 0 Å². The molecule has 3 rings (SSSR count). The van der Waals surface area contributed by atoms with Crippen molar-refractivity contribution >= 4 is 17.9 Å². The van der Waals surface area contributed by atoms with Crippen molar-refractivity contribution in [2.75, 3.05) is 4.90 Å². The number of amides is 1. The van der Waals surface area contributed by atoms with Gasteiger partial charge in [-0.05, 0) is 31.4 Å². The highest BCUT2D eigenvalue weighted by molar-refractivity contribution is 5.99. The molecule has 2 atom stereocenters. The second kappa shape index (κ2) is 4.05. The van der Waals surface area contributed by atoms with Crippen molar-refractivity contribution in [1.29, 1.82) is 0 Å². The molecule has 0 fully saturated rings. The van der Waals surface area contributed by atoms with E-state index in [1.54, 1.807) is 11.8 Å². The van der Waals surface area contributed by atoms with Crippen LogP contribution in [0, 0.1) is 0 Å². The second-order valence-electron chi connectivity index (χ2n) is 5.54. The molecule has 0 radical (unpaired) electrons. The molecule has 0 saturated heterocycles. The smallest absolute Gasteiger partial charge is 0.224 e. The van der Waals surface area contributed by atoms with Gasteiger partial charge in [0.15, 0.2) is 0 Å². The Morgan fingerprint density at radius 2 is 2.16 bits per heavy atom. The van der Waals surface area contributed by atoms with Crippen LogP contribution in [0.4, 0.5) is 5.69 Å². The van der Waals surface area contributed by atoms with E-state index < -0.39 is 5.41 Å². The van der Waals surface area contributed by atoms with E-state index in [0.717, 1.165) is 24.0 Å². The Morgan fingerprint density at radius 1 is 1.42 bits per heavy atom. The van der Waals surface area contributed by atoms with Gasteiger partial charge in [0, 0.05) is 12.6 Å². The molecule has 2 unspecified atom stereocenters. The number of para-hydroxylation sites is 1. The van der Waals surface area contributed by atoms with E-state index in [4.69, 9.17) is 0 Å². The summed E-state index contributed by atoms with van der Waals surface area (Å²) in [6, 6.07) is 7.72. The van der Waals surface area contributed by atoms with Gasteiger partial charge >= 0.3 is 0 Å². The van der Waals surface area contributed by atoms with Crippen LogP contribution in [-0.2, 0) is 15.0 Å². The van der Waals surface area contributed by atoms with Crippen LogP contribution in [0.15, 0.2) is 35.9 Å². The first kappa shape index (κ1) is 12.2. The van der Waals surface area contributed by atoms with Gasteiger partial charge in [-0.1, -0.05) is 29.8 Å². The summed E-state index contributed by atoms with van der Waals surface area (Å²) >= 11 is 0. The minimum atomic E-state index is -0.554. The summed E-state index contributed by atoms with van der Waals surface area (Å²) in [7, 11) is 0. The van der Waals surface area contributed by atoms with Gasteiger partial charge < -0.3 is 9.69 Å². The Bertz CT molecular complexity index is 590. The van der Waals surface area contributed by atoms with Crippen molar-refractivity contribution < 1.29 is 9.59 Å². The number of nitrogens with zero attached hydrogens (tertiary/aromatic N) is 1. The molecule has 0 saturated carbocycles. The molecule has 1 aromatic carbocycles. The van der Waals surface area contributed by atoms with Gasteiger partial charge in [-0.25, -0.2) is 0 Å². The molecule has 0 spiro atoms. The van der Waals surface area contributed by atoms with Gasteiger partial charge in [0.2, 0.25) is 5.91 Å². The van der Waals surface area contributed by atoms with E-state index in [1.807, 2.05) is 24.3 Å². The summed E-state index contributed by atoms with van der Waals surface area (Å²) in [5, 5.41) is 0. The van der Waals surface area contributed by atoms with Crippen LogP contribution in [0.3, 0.4) is 0 Å². The molecule has 1 aliphatic carbocycles. The lowest BCUT2D eigenvalue weighted by atomic mass is 9.70. The number of allylic oxidation sites excluding steroid dienone is 1. The van der Waals surface area contributed by atoms with Crippen LogP contribution < -0.4 is 4.90 Å². The number of hydrogen-bond acceptors (Lipinski definition) is 2. The van der Waals surface area contributed by atoms with Crippen LogP contribution in [-0.4, -0.2) is 18.2 Å². The largest absolute Gasteiger partial charge is 0.308 e. The lowest BCUT2D eigenvalue weighted by Crippen LogP contribution is -2.49. The number of benzene rings is 1. The van der Waals surface area contributed by atoms with Crippen LogP contribution in [0.1, 0.15) is 32.3 Å². The predicted molar refractivity (Wildman–Crippen MR) is 74.1 cm³/mol. The first-order chi connectivity index (χ1) is 9.10. The third-order valence-corrected chi connectivity index (χ3v) is 4.42. The minimum Gasteiger partial charge on any atom is -0.308 e. The molecule has 3 nitrogen and oxygen atoms in total. The Kier molecular flexibility index (Phi) is 2.59. The van der Waals surface area contributed by atoms with Crippen LogP contribution in [0.5, 0.6) is 0 Å². The lowest BCUT2D eigenvalue weighted by Gasteiger charge is -2.37. The zero-order valence-electron chi connectivity index (χ0n) is 11.2. The van der Waals surface area contributed by atoms with Crippen LogP contribution in [0.25, 0.3) is 0 Å². The Hall–Kier alpha value is -1.90. The highest BCUT2D eigenvalue weighted by Gasteiger charge is 2.52. The van der Waals surface area contributed by atoms with Gasteiger partial charge in [0.05, 0.1) is 11.5 Å². The molecular weight excluding hydrogens is 238 g/mol. The zero-order chi connectivity index (χ0) is 13.6. The average Bonchev–Trinajstić information content (AvgIpc) is 2.69. The molecule has 1 amide bonds. The van der Waals surface area contributed by atoms with Gasteiger partial charge in [0.25, 0.3) is 0 Å². The number of rotatable bonds is 1. The Labute approximate surface area is 112 Å². The lowest BCUT2D eigenvalue weighted by molar-refractivity contribution is -0.117. The molecule has 1 heterocycles. The van der Waals surface area contributed by atoms with E-state index in [0.29, 0.717) is 6.42 Å².